The number of carbonyl (C=O) groups is 2. The van der Waals surface area contributed by atoms with E-state index in [0.717, 1.165) is 16.5 Å². The maximum absolute atomic E-state index is 13.1. The summed E-state index contributed by atoms with van der Waals surface area (Å²) in [5.41, 5.74) is 5.99. The first-order valence-electron chi connectivity index (χ1n) is 10.8. The molecule has 34 heavy (non-hydrogen) atoms. The summed E-state index contributed by atoms with van der Waals surface area (Å²) in [7, 11) is 0. The first-order valence-corrected chi connectivity index (χ1v) is 10.8. The Morgan fingerprint density at radius 1 is 0.971 bits per heavy atom. The molecule has 0 atom stereocenters. The van der Waals surface area contributed by atoms with E-state index in [9.17, 15) is 9.59 Å². The van der Waals surface area contributed by atoms with Gasteiger partial charge < -0.3 is 9.47 Å². The quantitative estimate of drug-likeness (QED) is 0.239. The number of esters is 1. The number of nitrogens with one attached hydrogen (secondary N) is 1. The molecule has 1 N–H and O–H groups in total. The smallest absolute Gasteiger partial charge is 0.344 e. The van der Waals surface area contributed by atoms with E-state index >= 15 is 0 Å². The van der Waals surface area contributed by atoms with E-state index < -0.39 is 5.97 Å². The van der Waals surface area contributed by atoms with Crippen LogP contribution in [0.2, 0.25) is 0 Å². The summed E-state index contributed by atoms with van der Waals surface area (Å²) in [6.45, 7) is 1.80. The lowest BCUT2D eigenvalue weighted by Gasteiger charge is -2.09. The number of pyridine rings is 1. The van der Waals surface area contributed by atoms with E-state index in [2.05, 4.69) is 10.5 Å². The summed E-state index contributed by atoms with van der Waals surface area (Å²) in [4.78, 5) is 29.3. The maximum atomic E-state index is 13.1. The Bertz CT molecular complexity index is 1340. The second-order valence-corrected chi connectivity index (χ2v) is 7.27. The summed E-state index contributed by atoms with van der Waals surface area (Å²) < 4.78 is 10.4. The van der Waals surface area contributed by atoms with Crippen LogP contribution in [0.3, 0.4) is 0 Å². The minimum atomic E-state index is -0.457. The summed E-state index contributed by atoms with van der Waals surface area (Å²) in [6, 6.07) is 26.0. The standard InChI is InChI=1S/C27H23N3O4/c1-2-33-26(31)18-34-25-15-9-6-12-20(25)17-28-30-27(32)22-16-24(19-10-4-3-5-11-19)29-23-14-8-7-13-21(22)23/h3-17H,2,18H2,1H3,(H,30,32)/b28-17-. The first-order chi connectivity index (χ1) is 16.7. The van der Waals surface area contributed by atoms with Crippen molar-refractivity contribution in [3.63, 3.8) is 0 Å². The zero-order valence-electron chi connectivity index (χ0n) is 18.6. The van der Waals surface area contributed by atoms with Crippen molar-refractivity contribution in [2.75, 3.05) is 13.2 Å². The summed E-state index contributed by atoms with van der Waals surface area (Å²) >= 11 is 0. The van der Waals surface area contributed by atoms with Crippen LogP contribution in [0.5, 0.6) is 5.75 Å². The Balaban J connectivity index is 1.55. The molecule has 4 aromatic rings. The molecule has 0 saturated heterocycles. The molecule has 7 heteroatoms. The Labute approximate surface area is 197 Å². The number of para-hydroxylation sites is 2. The van der Waals surface area contributed by atoms with Crippen molar-refractivity contribution < 1.29 is 19.1 Å². The number of ether oxygens (including phenoxy) is 2. The third-order valence-corrected chi connectivity index (χ3v) is 4.97. The Kier molecular flexibility index (Phi) is 7.25. The number of aromatic nitrogens is 1. The van der Waals surface area contributed by atoms with Crippen molar-refractivity contribution >= 4 is 29.0 Å². The van der Waals surface area contributed by atoms with Gasteiger partial charge in [-0.1, -0.05) is 60.7 Å². The molecular formula is C27H23N3O4. The van der Waals surface area contributed by atoms with Crippen LogP contribution in [0.15, 0.2) is 90.0 Å². The van der Waals surface area contributed by atoms with Gasteiger partial charge in [0.15, 0.2) is 6.61 Å². The Morgan fingerprint density at radius 3 is 2.53 bits per heavy atom. The van der Waals surface area contributed by atoms with Gasteiger partial charge in [0.05, 0.1) is 29.6 Å². The lowest BCUT2D eigenvalue weighted by atomic mass is 10.0. The van der Waals surface area contributed by atoms with Gasteiger partial charge in [0.1, 0.15) is 5.75 Å². The fourth-order valence-electron chi connectivity index (χ4n) is 3.40. The highest BCUT2D eigenvalue weighted by Gasteiger charge is 2.13. The normalized spacial score (nSPS) is 10.9. The van der Waals surface area contributed by atoms with Gasteiger partial charge >= 0.3 is 5.97 Å². The third-order valence-electron chi connectivity index (χ3n) is 4.97. The van der Waals surface area contributed by atoms with Gasteiger partial charge in [-0.25, -0.2) is 15.2 Å². The zero-order chi connectivity index (χ0) is 23.8. The molecule has 1 heterocycles. The van der Waals surface area contributed by atoms with Gasteiger partial charge in [-0.05, 0) is 31.2 Å². The largest absolute Gasteiger partial charge is 0.481 e. The predicted octanol–water partition coefficient (Wildman–Crippen LogP) is 4.61. The Morgan fingerprint density at radius 2 is 1.71 bits per heavy atom. The van der Waals surface area contributed by atoms with Crippen LogP contribution < -0.4 is 10.2 Å². The number of benzene rings is 3. The molecule has 0 radical (unpaired) electrons. The van der Waals surface area contributed by atoms with Gasteiger partial charge in [-0.3, -0.25) is 4.79 Å². The number of carbonyl (C=O) groups excluding carboxylic acids is 2. The van der Waals surface area contributed by atoms with E-state index in [0.29, 0.717) is 22.6 Å². The van der Waals surface area contributed by atoms with Crippen LogP contribution in [0.4, 0.5) is 0 Å². The molecule has 0 aliphatic carbocycles. The van der Waals surface area contributed by atoms with Crippen LogP contribution in [0.25, 0.3) is 22.2 Å². The van der Waals surface area contributed by atoms with Crippen molar-refractivity contribution in [1.82, 2.24) is 10.4 Å². The van der Waals surface area contributed by atoms with Gasteiger partial charge in [0.2, 0.25) is 0 Å². The molecule has 4 rings (SSSR count). The molecule has 0 aliphatic heterocycles. The minimum absolute atomic E-state index is 0.212. The number of fused-ring (bicyclic) bond motifs is 1. The molecule has 1 aromatic heterocycles. The molecule has 0 spiro atoms. The number of hydrogen-bond acceptors (Lipinski definition) is 6. The van der Waals surface area contributed by atoms with Gasteiger partial charge in [-0.2, -0.15) is 5.10 Å². The van der Waals surface area contributed by atoms with Crippen molar-refractivity contribution in [2.45, 2.75) is 6.92 Å². The van der Waals surface area contributed by atoms with Crippen molar-refractivity contribution in [3.05, 3.63) is 96.1 Å². The van der Waals surface area contributed by atoms with E-state index in [-0.39, 0.29) is 19.1 Å². The topological polar surface area (TPSA) is 89.9 Å². The van der Waals surface area contributed by atoms with Crippen LogP contribution in [-0.4, -0.2) is 36.3 Å². The SMILES string of the molecule is CCOC(=O)COc1ccccc1/C=N\NC(=O)c1cc(-c2ccccc2)nc2ccccc12. The van der Waals surface area contributed by atoms with Crippen molar-refractivity contribution in [3.8, 4) is 17.0 Å². The van der Waals surface area contributed by atoms with Gasteiger partial charge in [-0.15, -0.1) is 0 Å². The summed E-state index contributed by atoms with van der Waals surface area (Å²) in [5, 5.41) is 4.84. The number of hydrazone groups is 1. The fourth-order valence-corrected chi connectivity index (χ4v) is 3.40. The Hall–Kier alpha value is -4.52. The molecule has 3 aromatic carbocycles. The average Bonchev–Trinajstić information content (AvgIpc) is 2.88. The van der Waals surface area contributed by atoms with Crippen LogP contribution >= 0.6 is 0 Å². The zero-order valence-corrected chi connectivity index (χ0v) is 18.6. The highest BCUT2D eigenvalue weighted by molar-refractivity contribution is 6.07. The van der Waals surface area contributed by atoms with E-state index in [1.807, 2.05) is 60.7 Å². The second kappa shape index (κ2) is 10.9. The monoisotopic (exact) mass is 453 g/mol. The maximum Gasteiger partial charge on any atom is 0.344 e. The predicted molar refractivity (Wildman–Crippen MR) is 131 cm³/mol. The molecule has 1 amide bonds. The molecule has 0 saturated carbocycles. The third kappa shape index (κ3) is 5.45. The highest BCUT2D eigenvalue weighted by Crippen LogP contribution is 2.25. The summed E-state index contributed by atoms with van der Waals surface area (Å²) in [6.07, 6.45) is 1.47. The lowest BCUT2D eigenvalue weighted by Crippen LogP contribution is -2.18. The van der Waals surface area contributed by atoms with Crippen molar-refractivity contribution in [2.24, 2.45) is 5.10 Å². The minimum Gasteiger partial charge on any atom is -0.481 e. The highest BCUT2D eigenvalue weighted by atomic mass is 16.6. The van der Waals surface area contributed by atoms with E-state index in [1.165, 1.54) is 6.21 Å². The van der Waals surface area contributed by atoms with Gasteiger partial charge in [0.25, 0.3) is 5.91 Å². The number of nitrogens with zero attached hydrogens (tertiary/aromatic N) is 2. The molecular weight excluding hydrogens is 430 g/mol. The molecule has 0 unspecified atom stereocenters. The van der Waals surface area contributed by atoms with Crippen LogP contribution in [0, 0.1) is 0 Å². The van der Waals surface area contributed by atoms with Crippen molar-refractivity contribution in [1.29, 1.82) is 0 Å². The summed E-state index contributed by atoms with van der Waals surface area (Å²) in [5.74, 6) is -0.368. The first kappa shape index (κ1) is 22.7. The lowest BCUT2D eigenvalue weighted by molar-refractivity contribution is -0.145. The molecule has 7 nitrogen and oxygen atoms in total. The second-order valence-electron chi connectivity index (χ2n) is 7.27. The molecule has 0 fully saturated rings. The van der Waals surface area contributed by atoms with Crippen LogP contribution in [0.1, 0.15) is 22.8 Å². The van der Waals surface area contributed by atoms with Gasteiger partial charge in [0, 0.05) is 16.5 Å². The number of amides is 1. The number of hydrogen-bond donors (Lipinski definition) is 1. The molecule has 170 valence electrons. The average molecular weight is 453 g/mol. The van der Waals surface area contributed by atoms with E-state index in [1.54, 1.807) is 31.2 Å². The molecule has 0 aliphatic rings. The number of rotatable bonds is 8. The van der Waals surface area contributed by atoms with Crippen LogP contribution in [-0.2, 0) is 9.53 Å². The molecule has 0 bridgehead atoms. The fraction of sp³-hybridized carbons (Fsp3) is 0.111. The van der Waals surface area contributed by atoms with E-state index in [4.69, 9.17) is 14.5 Å².